The predicted molar refractivity (Wildman–Crippen MR) is 135 cm³/mol. The van der Waals surface area contributed by atoms with Gasteiger partial charge in [0.15, 0.2) is 0 Å². The number of carbonyl (C=O) groups is 1. The summed E-state index contributed by atoms with van der Waals surface area (Å²) in [5.41, 5.74) is 2.70. The Balaban J connectivity index is 1.43. The molecule has 178 valence electrons. The smallest absolute Gasteiger partial charge is 0.243 e. The van der Waals surface area contributed by atoms with Gasteiger partial charge in [-0.05, 0) is 55.2 Å². The molecule has 0 saturated carbocycles. The van der Waals surface area contributed by atoms with E-state index in [0.717, 1.165) is 30.4 Å². The highest BCUT2D eigenvalue weighted by atomic mass is 32.2. The van der Waals surface area contributed by atoms with Gasteiger partial charge in [-0.2, -0.15) is 4.31 Å². The first kappa shape index (κ1) is 24.1. The fourth-order valence-corrected chi connectivity index (χ4v) is 5.73. The van der Waals surface area contributed by atoms with Crippen molar-refractivity contribution in [3.8, 4) is 0 Å². The monoisotopic (exact) mass is 477 g/mol. The molecule has 3 aromatic carbocycles. The molecule has 2 N–H and O–H groups in total. The molecule has 1 fully saturated rings. The Morgan fingerprint density at radius 1 is 0.794 bits per heavy atom. The van der Waals surface area contributed by atoms with Gasteiger partial charge in [0, 0.05) is 18.8 Å². The lowest BCUT2D eigenvalue weighted by Crippen LogP contribution is -2.40. The van der Waals surface area contributed by atoms with Gasteiger partial charge in [-0.3, -0.25) is 10.1 Å². The summed E-state index contributed by atoms with van der Waals surface area (Å²) in [6, 6.07) is 25.8. The fourth-order valence-electron chi connectivity index (χ4n) is 4.22. The lowest BCUT2D eigenvalue weighted by atomic mass is 9.98. The maximum Gasteiger partial charge on any atom is 0.243 e. The van der Waals surface area contributed by atoms with Crippen molar-refractivity contribution in [2.45, 2.75) is 43.2 Å². The molecule has 7 heteroatoms. The van der Waals surface area contributed by atoms with Gasteiger partial charge in [0.25, 0.3) is 0 Å². The van der Waals surface area contributed by atoms with Crippen LogP contribution in [0.3, 0.4) is 0 Å². The molecule has 1 aliphatic heterocycles. The van der Waals surface area contributed by atoms with Crippen molar-refractivity contribution in [1.29, 1.82) is 0 Å². The van der Waals surface area contributed by atoms with Gasteiger partial charge < -0.3 is 5.32 Å². The first-order valence-corrected chi connectivity index (χ1v) is 13.2. The van der Waals surface area contributed by atoms with Gasteiger partial charge in [0.1, 0.15) is 0 Å². The molecule has 1 heterocycles. The number of rotatable bonds is 8. The van der Waals surface area contributed by atoms with Crippen molar-refractivity contribution in [3.63, 3.8) is 0 Å². The topological polar surface area (TPSA) is 78.5 Å². The van der Waals surface area contributed by atoms with Crippen LogP contribution in [0.25, 0.3) is 0 Å². The highest BCUT2D eigenvalue weighted by Gasteiger charge is 2.26. The molecule has 1 atom stereocenters. The number of hydrogen-bond donors (Lipinski definition) is 2. The highest BCUT2D eigenvalue weighted by molar-refractivity contribution is 7.89. The predicted octanol–water partition coefficient (Wildman–Crippen LogP) is 4.57. The van der Waals surface area contributed by atoms with Gasteiger partial charge in [0.05, 0.1) is 17.0 Å². The van der Waals surface area contributed by atoms with Crippen molar-refractivity contribution in [2.24, 2.45) is 0 Å². The minimum atomic E-state index is -3.49. The first-order chi connectivity index (χ1) is 16.4. The van der Waals surface area contributed by atoms with E-state index in [9.17, 15) is 13.2 Å². The van der Waals surface area contributed by atoms with Crippen molar-refractivity contribution >= 4 is 21.6 Å². The summed E-state index contributed by atoms with van der Waals surface area (Å²) in [6.45, 7) is 2.95. The van der Waals surface area contributed by atoms with Crippen molar-refractivity contribution < 1.29 is 13.2 Å². The molecule has 3 aromatic rings. The summed E-state index contributed by atoms with van der Waals surface area (Å²) in [4.78, 5) is 13.2. The molecule has 34 heavy (non-hydrogen) atoms. The molecule has 6 nitrogen and oxygen atoms in total. The molecule has 0 aliphatic carbocycles. The quantitative estimate of drug-likeness (QED) is 0.498. The Bertz CT molecular complexity index is 1140. The summed E-state index contributed by atoms with van der Waals surface area (Å²) in [7, 11) is -3.49. The summed E-state index contributed by atoms with van der Waals surface area (Å²) in [5.74, 6) is -0.191. The van der Waals surface area contributed by atoms with Crippen LogP contribution in [0, 0.1) is 0 Å². The Morgan fingerprint density at radius 3 is 1.85 bits per heavy atom. The van der Waals surface area contributed by atoms with Crippen LogP contribution in [0.5, 0.6) is 0 Å². The van der Waals surface area contributed by atoms with Crippen molar-refractivity contribution in [3.05, 3.63) is 96.1 Å². The molecular weight excluding hydrogens is 446 g/mol. The van der Waals surface area contributed by atoms with Gasteiger partial charge >= 0.3 is 0 Å². The molecular formula is C27H31N3O3S. The van der Waals surface area contributed by atoms with Gasteiger partial charge in [-0.15, -0.1) is 0 Å². The maximum atomic E-state index is 12.9. The van der Waals surface area contributed by atoms with E-state index in [1.54, 1.807) is 28.6 Å². The SMILES string of the molecule is C[C@H](NC(c1ccccc1)c1ccccc1)C(=O)Nc1ccc(S(=O)(=O)N2CCCCC2)cc1. The van der Waals surface area contributed by atoms with Crippen LogP contribution in [0.2, 0.25) is 0 Å². The van der Waals surface area contributed by atoms with E-state index < -0.39 is 16.1 Å². The van der Waals surface area contributed by atoms with Crippen LogP contribution < -0.4 is 10.6 Å². The molecule has 1 amide bonds. The third kappa shape index (κ3) is 5.73. The van der Waals surface area contributed by atoms with E-state index in [1.807, 2.05) is 67.6 Å². The number of piperidine rings is 1. The largest absolute Gasteiger partial charge is 0.325 e. The highest BCUT2D eigenvalue weighted by Crippen LogP contribution is 2.24. The average molecular weight is 478 g/mol. The van der Waals surface area contributed by atoms with Crippen LogP contribution >= 0.6 is 0 Å². The van der Waals surface area contributed by atoms with Gasteiger partial charge in [-0.1, -0.05) is 67.1 Å². The normalized spacial score (nSPS) is 15.7. The number of sulfonamides is 1. The molecule has 0 aromatic heterocycles. The molecule has 1 aliphatic rings. The number of amides is 1. The zero-order chi connectivity index (χ0) is 24.0. The van der Waals surface area contributed by atoms with Crippen molar-refractivity contribution in [1.82, 2.24) is 9.62 Å². The molecule has 0 unspecified atom stereocenters. The second kappa shape index (κ2) is 11.0. The minimum absolute atomic E-state index is 0.139. The van der Waals surface area contributed by atoms with Crippen LogP contribution in [0.1, 0.15) is 43.4 Å². The summed E-state index contributed by atoms with van der Waals surface area (Å²) in [5, 5.41) is 6.33. The number of hydrogen-bond acceptors (Lipinski definition) is 4. The average Bonchev–Trinajstić information content (AvgIpc) is 2.89. The lowest BCUT2D eigenvalue weighted by molar-refractivity contribution is -0.117. The second-order valence-electron chi connectivity index (χ2n) is 8.62. The number of benzene rings is 3. The fraction of sp³-hybridized carbons (Fsp3) is 0.296. The van der Waals surface area contributed by atoms with E-state index in [4.69, 9.17) is 0 Å². The van der Waals surface area contributed by atoms with Crippen molar-refractivity contribution in [2.75, 3.05) is 18.4 Å². The third-order valence-electron chi connectivity index (χ3n) is 6.15. The Labute approximate surface area is 202 Å². The zero-order valence-electron chi connectivity index (χ0n) is 19.4. The van der Waals surface area contributed by atoms with Crippen LogP contribution in [0.4, 0.5) is 5.69 Å². The number of nitrogens with zero attached hydrogens (tertiary/aromatic N) is 1. The lowest BCUT2D eigenvalue weighted by Gasteiger charge is -2.26. The van der Waals surface area contributed by atoms with E-state index in [0.29, 0.717) is 18.8 Å². The van der Waals surface area contributed by atoms with Crippen LogP contribution in [-0.4, -0.2) is 37.8 Å². The molecule has 4 rings (SSSR count). The zero-order valence-corrected chi connectivity index (χ0v) is 20.2. The van der Waals surface area contributed by atoms with E-state index in [1.165, 1.54) is 0 Å². The van der Waals surface area contributed by atoms with E-state index >= 15 is 0 Å². The van der Waals surface area contributed by atoms with Crippen LogP contribution in [0.15, 0.2) is 89.8 Å². The molecule has 0 radical (unpaired) electrons. The Morgan fingerprint density at radius 2 is 1.32 bits per heavy atom. The third-order valence-corrected chi connectivity index (χ3v) is 8.06. The number of carbonyl (C=O) groups excluding carboxylic acids is 1. The van der Waals surface area contributed by atoms with E-state index in [-0.39, 0.29) is 16.8 Å². The number of anilines is 1. The maximum absolute atomic E-state index is 12.9. The molecule has 1 saturated heterocycles. The Hall–Kier alpha value is -3.00. The second-order valence-corrected chi connectivity index (χ2v) is 10.6. The van der Waals surface area contributed by atoms with Gasteiger partial charge in [-0.25, -0.2) is 8.42 Å². The molecule has 0 spiro atoms. The minimum Gasteiger partial charge on any atom is -0.325 e. The molecule has 0 bridgehead atoms. The first-order valence-electron chi connectivity index (χ1n) is 11.7. The van der Waals surface area contributed by atoms with E-state index in [2.05, 4.69) is 10.6 Å². The summed E-state index contributed by atoms with van der Waals surface area (Å²) >= 11 is 0. The van der Waals surface area contributed by atoms with Crippen LogP contribution in [-0.2, 0) is 14.8 Å². The standard InChI is InChI=1S/C27H31N3O3S/c1-21(28-26(22-11-5-2-6-12-22)23-13-7-3-8-14-23)27(31)29-24-15-17-25(18-16-24)34(32,33)30-19-9-4-10-20-30/h2-3,5-8,11-18,21,26,28H,4,9-10,19-20H2,1H3,(H,29,31)/t21-/m0/s1. The number of nitrogens with one attached hydrogen (secondary N) is 2. The summed E-state index contributed by atoms with van der Waals surface area (Å²) in [6.07, 6.45) is 2.86. The summed E-state index contributed by atoms with van der Waals surface area (Å²) < 4.78 is 27.2. The van der Waals surface area contributed by atoms with Gasteiger partial charge in [0.2, 0.25) is 15.9 Å². The Kier molecular flexibility index (Phi) is 7.77.